The van der Waals surface area contributed by atoms with Crippen molar-refractivity contribution < 1.29 is 0 Å². The van der Waals surface area contributed by atoms with E-state index in [9.17, 15) is 0 Å². The topological polar surface area (TPSA) is 0 Å². The molecule has 64 valence electrons. The summed E-state index contributed by atoms with van der Waals surface area (Å²) in [4.78, 5) is 0. The number of rotatable bonds is 3. The molecule has 0 bridgehead atoms. The van der Waals surface area contributed by atoms with E-state index in [1.54, 1.807) is 0 Å². The maximum atomic E-state index is 2.41. The fraction of sp³-hybridized carbons (Fsp3) is 0.818. The second-order valence-electron chi connectivity index (χ2n) is 4.33. The van der Waals surface area contributed by atoms with Crippen LogP contribution in [0.15, 0.2) is 12.2 Å². The van der Waals surface area contributed by atoms with Crippen LogP contribution in [0.1, 0.15) is 40.5 Å². The first-order valence-corrected chi connectivity index (χ1v) is 4.73. The summed E-state index contributed by atoms with van der Waals surface area (Å²) in [6, 6.07) is 0. The van der Waals surface area contributed by atoms with Gasteiger partial charge in [-0.05, 0) is 37.0 Å². The zero-order chi connectivity index (χ0) is 8.48. The third-order valence-corrected chi connectivity index (χ3v) is 3.42. The average molecular weight is 152 g/mol. The summed E-state index contributed by atoms with van der Waals surface area (Å²) in [5, 5.41) is 0. The zero-order valence-corrected chi connectivity index (χ0v) is 8.22. The first-order valence-electron chi connectivity index (χ1n) is 4.73. The summed E-state index contributed by atoms with van der Waals surface area (Å²) >= 11 is 0. The van der Waals surface area contributed by atoms with Crippen molar-refractivity contribution in [3.05, 3.63) is 12.2 Å². The Morgan fingerprint density at radius 1 is 1.27 bits per heavy atom. The van der Waals surface area contributed by atoms with Gasteiger partial charge in [0, 0.05) is 0 Å². The average Bonchev–Trinajstić information content (AvgIpc) is 2.68. The van der Waals surface area contributed by atoms with Crippen molar-refractivity contribution in [1.82, 2.24) is 0 Å². The smallest absolute Gasteiger partial charge is 0.0231 e. The predicted molar refractivity (Wildman–Crippen MR) is 50.5 cm³/mol. The third kappa shape index (κ3) is 1.85. The molecule has 1 fully saturated rings. The van der Waals surface area contributed by atoms with Gasteiger partial charge in [-0.1, -0.05) is 32.9 Å². The van der Waals surface area contributed by atoms with Gasteiger partial charge >= 0.3 is 0 Å². The van der Waals surface area contributed by atoms with E-state index in [0.29, 0.717) is 5.41 Å². The van der Waals surface area contributed by atoms with Crippen LogP contribution in [0.4, 0.5) is 0 Å². The standard InChI is InChI=1S/C11H20/c1-5-6-9(2)10(3)11(4)7-8-11/h5-6,9-10H,7-8H2,1-4H3. The van der Waals surface area contributed by atoms with Gasteiger partial charge < -0.3 is 0 Å². The molecule has 0 heterocycles. The Morgan fingerprint density at radius 2 is 1.82 bits per heavy atom. The quantitative estimate of drug-likeness (QED) is 0.542. The molecule has 0 radical (unpaired) electrons. The van der Waals surface area contributed by atoms with Crippen LogP contribution >= 0.6 is 0 Å². The van der Waals surface area contributed by atoms with Crippen LogP contribution in [0.25, 0.3) is 0 Å². The third-order valence-electron chi connectivity index (χ3n) is 3.42. The monoisotopic (exact) mass is 152 g/mol. The Morgan fingerprint density at radius 3 is 2.18 bits per heavy atom. The van der Waals surface area contributed by atoms with Crippen LogP contribution in [0.3, 0.4) is 0 Å². The lowest BCUT2D eigenvalue weighted by Gasteiger charge is -2.23. The van der Waals surface area contributed by atoms with E-state index >= 15 is 0 Å². The van der Waals surface area contributed by atoms with Crippen molar-refractivity contribution in [2.24, 2.45) is 17.3 Å². The molecule has 0 nitrogen and oxygen atoms in total. The van der Waals surface area contributed by atoms with Crippen LogP contribution in [0, 0.1) is 17.3 Å². The summed E-state index contributed by atoms with van der Waals surface area (Å²) < 4.78 is 0. The van der Waals surface area contributed by atoms with Crippen molar-refractivity contribution in [3.8, 4) is 0 Å². The fourth-order valence-electron chi connectivity index (χ4n) is 1.76. The first kappa shape index (κ1) is 8.83. The molecule has 0 N–H and O–H groups in total. The molecule has 0 heteroatoms. The van der Waals surface area contributed by atoms with Crippen molar-refractivity contribution in [2.45, 2.75) is 40.5 Å². The summed E-state index contributed by atoms with van der Waals surface area (Å²) in [5.41, 5.74) is 0.679. The number of allylic oxidation sites excluding steroid dienone is 2. The molecule has 0 aromatic carbocycles. The lowest BCUT2D eigenvalue weighted by Crippen LogP contribution is -2.15. The minimum atomic E-state index is 0.679. The molecule has 0 saturated heterocycles. The molecule has 0 spiro atoms. The highest BCUT2D eigenvalue weighted by molar-refractivity contribution is 4.99. The summed E-state index contributed by atoms with van der Waals surface area (Å²) in [6.45, 7) is 9.24. The summed E-state index contributed by atoms with van der Waals surface area (Å²) in [6.07, 6.45) is 7.38. The maximum absolute atomic E-state index is 2.41. The molecular formula is C11H20. The highest BCUT2D eigenvalue weighted by Gasteiger charge is 2.43. The van der Waals surface area contributed by atoms with E-state index < -0.39 is 0 Å². The van der Waals surface area contributed by atoms with Gasteiger partial charge in [-0.25, -0.2) is 0 Å². The molecule has 1 aliphatic rings. The summed E-state index contributed by atoms with van der Waals surface area (Å²) in [7, 11) is 0. The van der Waals surface area contributed by atoms with Crippen LogP contribution < -0.4 is 0 Å². The Balaban J connectivity index is 2.46. The zero-order valence-electron chi connectivity index (χ0n) is 8.22. The van der Waals surface area contributed by atoms with Crippen LogP contribution in [0.2, 0.25) is 0 Å². The predicted octanol–water partition coefficient (Wildman–Crippen LogP) is 3.63. The Kier molecular flexibility index (Phi) is 2.41. The lowest BCUT2D eigenvalue weighted by molar-refractivity contribution is 0.298. The van der Waals surface area contributed by atoms with Gasteiger partial charge in [0.25, 0.3) is 0 Å². The SMILES string of the molecule is CC=CC(C)C(C)C1(C)CC1. The van der Waals surface area contributed by atoms with E-state index in [4.69, 9.17) is 0 Å². The molecule has 1 saturated carbocycles. The van der Waals surface area contributed by atoms with Gasteiger partial charge in [-0.2, -0.15) is 0 Å². The van der Waals surface area contributed by atoms with Gasteiger partial charge in [-0.15, -0.1) is 0 Å². The number of hydrogen-bond donors (Lipinski definition) is 0. The molecule has 1 rings (SSSR count). The highest BCUT2D eigenvalue weighted by atomic mass is 14.5. The van der Waals surface area contributed by atoms with E-state index in [1.807, 2.05) is 0 Å². The van der Waals surface area contributed by atoms with Crippen molar-refractivity contribution in [2.75, 3.05) is 0 Å². The highest BCUT2D eigenvalue weighted by Crippen LogP contribution is 2.53. The largest absolute Gasteiger partial charge is 0.0914 e. The van der Waals surface area contributed by atoms with Gasteiger partial charge in [0.2, 0.25) is 0 Å². The molecule has 0 amide bonds. The van der Waals surface area contributed by atoms with Gasteiger partial charge in [0.15, 0.2) is 0 Å². The molecule has 1 aliphatic carbocycles. The minimum absolute atomic E-state index is 0.679. The summed E-state index contributed by atoms with van der Waals surface area (Å²) in [5.74, 6) is 1.62. The molecule has 11 heavy (non-hydrogen) atoms. The maximum Gasteiger partial charge on any atom is -0.0231 e. The molecule has 0 aliphatic heterocycles. The fourth-order valence-corrected chi connectivity index (χ4v) is 1.76. The molecule has 2 atom stereocenters. The van der Waals surface area contributed by atoms with Crippen molar-refractivity contribution in [1.29, 1.82) is 0 Å². The molecule has 0 aromatic rings. The van der Waals surface area contributed by atoms with E-state index in [-0.39, 0.29) is 0 Å². The van der Waals surface area contributed by atoms with Gasteiger partial charge in [-0.3, -0.25) is 0 Å². The van der Waals surface area contributed by atoms with Crippen LogP contribution in [-0.4, -0.2) is 0 Å². The van der Waals surface area contributed by atoms with E-state index in [0.717, 1.165) is 11.8 Å². The Bertz CT molecular complexity index is 151. The lowest BCUT2D eigenvalue weighted by atomic mass is 9.82. The second-order valence-corrected chi connectivity index (χ2v) is 4.33. The Hall–Kier alpha value is -0.260. The first-order chi connectivity index (χ1) is 5.10. The van der Waals surface area contributed by atoms with Crippen LogP contribution in [-0.2, 0) is 0 Å². The van der Waals surface area contributed by atoms with Crippen molar-refractivity contribution in [3.63, 3.8) is 0 Å². The van der Waals surface area contributed by atoms with Crippen LogP contribution in [0.5, 0.6) is 0 Å². The molecular weight excluding hydrogens is 132 g/mol. The van der Waals surface area contributed by atoms with E-state index in [1.165, 1.54) is 12.8 Å². The Labute approximate surface area is 70.7 Å². The van der Waals surface area contributed by atoms with Gasteiger partial charge in [0.1, 0.15) is 0 Å². The van der Waals surface area contributed by atoms with Gasteiger partial charge in [0.05, 0.1) is 0 Å². The number of hydrogen-bond acceptors (Lipinski definition) is 0. The second kappa shape index (κ2) is 3.00. The normalized spacial score (nSPS) is 26.9. The van der Waals surface area contributed by atoms with Crippen molar-refractivity contribution >= 4 is 0 Å². The van der Waals surface area contributed by atoms with E-state index in [2.05, 4.69) is 39.8 Å². The molecule has 0 aromatic heterocycles. The molecule has 2 unspecified atom stereocenters. The minimum Gasteiger partial charge on any atom is -0.0914 e.